The predicted octanol–water partition coefficient (Wildman–Crippen LogP) is -0.596. The Morgan fingerprint density at radius 1 is 1.50 bits per heavy atom. The van der Waals surface area contributed by atoms with Crippen molar-refractivity contribution in [1.82, 2.24) is 5.32 Å². The van der Waals surface area contributed by atoms with Gasteiger partial charge in [0.15, 0.2) is 0 Å². The third-order valence-corrected chi connectivity index (χ3v) is 1.69. The molecule has 0 aromatic carbocycles. The number of halogens is 1. The fourth-order valence-corrected chi connectivity index (χ4v) is 1.17. The molecule has 1 rings (SSSR count). The number of hydrogen-bond donors (Lipinski definition) is 2. The van der Waals surface area contributed by atoms with Gasteiger partial charge in [-0.15, -0.1) is 12.4 Å². The molecule has 0 aliphatic carbocycles. The molecule has 1 aliphatic heterocycles. The van der Waals surface area contributed by atoms with Crippen LogP contribution in [0.25, 0.3) is 0 Å². The van der Waals surface area contributed by atoms with Crippen molar-refractivity contribution in [3.05, 3.63) is 0 Å². The summed E-state index contributed by atoms with van der Waals surface area (Å²) in [5.74, 6) is 0. The molecule has 74 valence electrons. The lowest BCUT2D eigenvalue weighted by molar-refractivity contribution is -0.0849. The summed E-state index contributed by atoms with van der Waals surface area (Å²) >= 11 is 0. The van der Waals surface area contributed by atoms with Gasteiger partial charge in [0.2, 0.25) is 0 Å². The van der Waals surface area contributed by atoms with E-state index < -0.39 is 0 Å². The fourth-order valence-electron chi connectivity index (χ4n) is 1.17. The van der Waals surface area contributed by atoms with Gasteiger partial charge in [-0.05, 0) is 0 Å². The highest BCUT2D eigenvalue weighted by atomic mass is 35.5. The molecule has 4 nitrogen and oxygen atoms in total. The zero-order valence-electron chi connectivity index (χ0n) is 7.16. The van der Waals surface area contributed by atoms with Crippen LogP contribution in [0.3, 0.4) is 0 Å². The first-order valence-electron chi connectivity index (χ1n) is 3.82. The number of hydrogen-bond acceptors (Lipinski definition) is 4. The summed E-state index contributed by atoms with van der Waals surface area (Å²) in [6.45, 7) is 2.21. The van der Waals surface area contributed by atoms with Crippen LogP contribution in [0.4, 0.5) is 0 Å². The zero-order chi connectivity index (χ0) is 8.10. The highest BCUT2D eigenvalue weighted by Gasteiger charge is 2.20. The summed E-state index contributed by atoms with van der Waals surface area (Å²) in [4.78, 5) is 0. The zero-order valence-corrected chi connectivity index (χ0v) is 7.97. The summed E-state index contributed by atoms with van der Waals surface area (Å²) in [5, 5.41) is 11.9. The van der Waals surface area contributed by atoms with E-state index in [9.17, 15) is 0 Å². The molecule has 0 aromatic rings. The predicted molar refractivity (Wildman–Crippen MR) is 47.7 cm³/mol. The number of morpholine rings is 1. The third kappa shape index (κ3) is 3.69. The topological polar surface area (TPSA) is 50.7 Å². The molecule has 2 N–H and O–H groups in total. The molecule has 0 spiro atoms. The number of aliphatic hydroxyl groups excluding tert-OH is 1. The van der Waals surface area contributed by atoms with Crippen molar-refractivity contribution in [2.24, 2.45) is 0 Å². The van der Waals surface area contributed by atoms with Crippen LogP contribution in [-0.2, 0) is 9.47 Å². The maximum Gasteiger partial charge on any atom is 0.0937 e. The summed E-state index contributed by atoms with van der Waals surface area (Å²) in [5.41, 5.74) is 0. The number of aliphatic hydroxyl groups is 1. The van der Waals surface area contributed by atoms with Gasteiger partial charge in [-0.3, -0.25) is 0 Å². The average molecular weight is 198 g/mol. The molecule has 0 radical (unpaired) electrons. The maximum atomic E-state index is 8.77. The van der Waals surface area contributed by atoms with E-state index in [2.05, 4.69) is 5.32 Å². The highest BCUT2D eigenvalue weighted by Crippen LogP contribution is 2.02. The van der Waals surface area contributed by atoms with Crippen LogP contribution >= 0.6 is 12.4 Å². The van der Waals surface area contributed by atoms with E-state index in [0.717, 1.165) is 13.1 Å². The standard InChI is InChI=1S/C7H15NO3.ClH/c1-10-5-7-3-8-2-6(4-9)11-7;/h6-9H,2-5H2,1H3;1H/t6-,7+;/m1./s1. The van der Waals surface area contributed by atoms with Crippen LogP contribution < -0.4 is 5.32 Å². The Hall–Kier alpha value is 0.130. The lowest BCUT2D eigenvalue weighted by Crippen LogP contribution is -2.47. The average Bonchev–Trinajstić information content (AvgIpc) is 2.06. The minimum absolute atomic E-state index is 0. The number of rotatable bonds is 3. The van der Waals surface area contributed by atoms with Crippen LogP contribution in [0.2, 0.25) is 0 Å². The smallest absolute Gasteiger partial charge is 0.0937 e. The van der Waals surface area contributed by atoms with Gasteiger partial charge in [0.05, 0.1) is 25.4 Å². The second kappa shape index (κ2) is 6.62. The van der Waals surface area contributed by atoms with Crippen molar-refractivity contribution in [2.75, 3.05) is 33.4 Å². The molecule has 0 aromatic heterocycles. The van der Waals surface area contributed by atoms with Gasteiger partial charge in [0.1, 0.15) is 0 Å². The summed E-state index contributed by atoms with van der Waals surface area (Å²) in [6, 6.07) is 0. The first kappa shape index (κ1) is 12.1. The van der Waals surface area contributed by atoms with Crippen molar-refractivity contribution in [1.29, 1.82) is 0 Å². The largest absolute Gasteiger partial charge is 0.394 e. The molecule has 0 unspecified atom stereocenters. The van der Waals surface area contributed by atoms with E-state index in [-0.39, 0.29) is 31.2 Å². The molecule has 1 aliphatic rings. The van der Waals surface area contributed by atoms with E-state index >= 15 is 0 Å². The van der Waals surface area contributed by atoms with E-state index in [1.54, 1.807) is 7.11 Å². The van der Waals surface area contributed by atoms with E-state index in [1.807, 2.05) is 0 Å². The molecule has 0 saturated carbocycles. The van der Waals surface area contributed by atoms with Crippen molar-refractivity contribution < 1.29 is 14.6 Å². The first-order chi connectivity index (χ1) is 5.36. The SMILES string of the molecule is COC[C@@H]1CNC[C@H](CO)O1.Cl. The molecular formula is C7H16ClNO3. The normalized spacial score (nSPS) is 29.5. The van der Waals surface area contributed by atoms with Gasteiger partial charge < -0.3 is 19.9 Å². The summed E-state index contributed by atoms with van der Waals surface area (Å²) in [7, 11) is 1.64. The Labute approximate surface area is 78.6 Å². The van der Waals surface area contributed by atoms with Crippen molar-refractivity contribution in [3.8, 4) is 0 Å². The molecule has 5 heteroatoms. The number of methoxy groups -OCH3 is 1. The van der Waals surface area contributed by atoms with Crippen LogP contribution in [0.5, 0.6) is 0 Å². The second-order valence-corrected chi connectivity index (χ2v) is 2.68. The van der Waals surface area contributed by atoms with Crippen molar-refractivity contribution in [2.45, 2.75) is 12.2 Å². The maximum absolute atomic E-state index is 8.77. The number of ether oxygens (including phenoxy) is 2. The quantitative estimate of drug-likeness (QED) is 0.635. The molecule has 0 bridgehead atoms. The van der Waals surface area contributed by atoms with E-state index in [0.29, 0.717) is 6.61 Å². The Morgan fingerprint density at radius 2 is 2.17 bits per heavy atom. The monoisotopic (exact) mass is 197 g/mol. The molecule has 1 saturated heterocycles. The minimum atomic E-state index is -0.0658. The second-order valence-electron chi connectivity index (χ2n) is 2.68. The summed E-state index contributed by atoms with van der Waals surface area (Å²) in [6.07, 6.45) is 0.0230. The van der Waals surface area contributed by atoms with Crippen LogP contribution in [0.15, 0.2) is 0 Å². The summed E-state index contributed by atoms with van der Waals surface area (Å²) < 4.78 is 10.4. The molecule has 1 heterocycles. The number of nitrogens with one attached hydrogen (secondary N) is 1. The lowest BCUT2D eigenvalue weighted by Gasteiger charge is -2.29. The van der Waals surface area contributed by atoms with E-state index in [4.69, 9.17) is 14.6 Å². The molecule has 12 heavy (non-hydrogen) atoms. The van der Waals surface area contributed by atoms with Gasteiger partial charge in [-0.25, -0.2) is 0 Å². The van der Waals surface area contributed by atoms with Gasteiger partial charge in [0.25, 0.3) is 0 Å². The van der Waals surface area contributed by atoms with Gasteiger partial charge >= 0.3 is 0 Å². The fraction of sp³-hybridized carbons (Fsp3) is 1.00. The third-order valence-electron chi connectivity index (χ3n) is 1.69. The highest BCUT2D eigenvalue weighted by molar-refractivity contribution is 5.85. The van der Waals surface area contributed by atoms with Crippen molar-refractivity contribution in [3.63, 3.8) is 0 Å². The van der Waals surface area contributed by atoms with Gasteiger partial charge in [-0.1, -0.05) is 0 Å². The molecule has 0 amide bonds. The Bertz CT molecular complexity index is 113. The molecular weight excluding hydrogens is 182 g/mol. The Morgan fingerprint density at radius 3 is 2.75 bits per heavy atom. The van der Waals surface area contributed by atoms with Gasteiger partial charge in [0, 0.05) is 20.2 Å². The van der Waals surface area contributed by atoms with Gasteiger partial charge in [-0.2, -0.15) is 0 Å². The van der Waals surface area contributed by atoms with Crippen molar-refractivity contribution >= 4 is 12.4 Å². The minimum Gasteiger partial charge on any atom is -0.394 e. The Balaban J connectivity index is 0.00000121. The van der Waals surface area contributed by atoms with Crippen LogP contribution in [-0.4, -0.2) is 50.7 Å². The van der Waals surface area contributed by atoms with Crippen LogP contribution in [0.1, 0.15) is 0 Å². The lowest BCUT2D eigenvalue weighted by atomic mass is 10.2. The van der Waals surface area contributed by atoms with E-state index in [1.165, 1.54) is 0 Å². The first-order valence-corrected chi connectivity index (χ1v) is 3.82. The molecule has 2 atom stereocenters. The molecule has 1 fully saturated rings. The Kier molecular flexibility index (Phi) is 6.70. The van der Waals surface area contributed by atoms with Crippen LogP contribution in [0, 0.1) is 0 Å².